The Bertz CT molecular complexity index is 555. The van der Waals surface area contributed by atoms with Gasteiger partial charge in [0.1, 0.15) is 23.1 Å². The largest absolute Gasteiger partial charge is 0.494 e. The molecule has 0 N–H and O–H groups in total. The van der Waals surface area contributed by atoms with Crippen molar-refractivity contribution in [1.82, 2.24) is 0 Å². The van der Waals surface area contributed by atoms with Crippen LogP contribution in [-0.4, -0.2) is 6.61 Å². The Balaban J connectivity index is 2.10. The first-order chi connectivity index (χ1) is 9.72. The van der Waals surface area contributed by atoms with Crippen molar-refractivity contribution in [1.29, 1.82) is 0 Å². The fourth-order valence-electron chi connectivity index (χ4n) is 1.70. The van der Waals surface area contributed by atoms with Crippen LogP contribution in [0.4, 0.5) is 4.39 Å². The minimum absolute atomic E-state index is 0.268. The minimum Gasteiger partial charge on any atom is -0.494 e. The van der Waals surface area contributed by atoms with E-state index < -0.39 is 0 Å². The summed E-state index contributed by atoms with van der Waals surface area (Å²) < 4.78 is 24.4. The van der Waals surface area contributed by atoms with Gasteiger partial charge in [-0.1, -0.05) is 22.9 Å². The Morgan fingerprint density at radius 1 is 1.05 bits per heavy atom. The molecule has 0 spiro atoms. The molecule has 0 aromatic heterocycles. The maximum Gasteiger partial charge on any atom is 0.131 e. The Kier molecular flexibility index (Phi) is 5.41. The van der Waals surface area contributed by atoms with Gasteiger partial charge >= 0.3 is 0 Å². The third-order valence-electron chi connectivity index (χ3n) is 2.69. The Morgan fingerprint density at radius 3 is 2.40 bits per heavy atom. The molecule has 2 nitrogen and oxygen atoms in total. The lowest BCUT2D eigenvalue weighted by Crippen LogP contribution is -1.95. The summed E-state index contributed by atoms with van der Waals surface area (Å²) in [7, 11) is 0. The molecule has 106 valence electrons. The number of hydrogen-bond acceptors (Lipinski definition) is 2. The molecule has 2 rings (SSSR count). The predicted molar refractivity (Wildman–Crippen MR) is 81.3 cm³/mol. The molecular weight excluding hydrogens is 323 g/mol. The maximum atomic E-state index is 13.2. The monoisotopic (exact) mass is 338 g/mol. The normalized spacial score (nSPS) is 10.3. The quantitative estimate of drug-likeness (QED) is 0.665. The van der Waals surface area contributed by atoms with E-state index in [0.717, 1.165) is 17.7 Å². The van der Waals surface area contributed by atoms with Crippen LogP contribution in [-0.2, 0) is 5.33 Å². The lowest BCUT2D eigenvalue weighted by atomic mass is 10.2. The van der Waals surface area contributed by atoms with Crippen molar-refractivity contribution in [2.75, 3.05) is 6.61 Å². The maximum absolute atomic E-state index is 13.2. The van der Waals surface area contributed by atoms with Crippen molar-refractivity contribution in [2.24, 2.45) is 0 Å². The van der Waals surface area contributed by atoms with E-state index in [4.69, 9.17) is 9.47 Å². The second-order valence-corrected chi connectivity index (χ2v) is 4.87. The molecule has 2 aromatic carbocycles. The summed E-state index contributed by atoms with van der Waals surface area (Å²) in [5, 5.41) is 0.539. The summed E-state index contributed by atoms with van der Waals surface area (Å²) in [6, 6.07) is 11.9. The van der Waals surface area contributed by atoms with Crippen LogP contribution in [0.15, 0.2) is 42.5 Å². The van der Waals surface area contributed by atoms with Crippen molar-refractivity contribution >= 4 is 15.9 Å². The van der Waals surface area contributed by atoms with Gasteiger partial charge in [-0.2, -0.15) is 0 Å². The van der Waals surface area contributed by atoms with Gasteiger partial charge in [0, 0.05) is 10.9 Å². The second-order valence-electron chi connectivity index (χ2n) is 4.31. The molecule has 0 radical (unpaired) electrons. The highest BCUT2D eigenvalue weighted by molar-refractivity contribution is 9.08. The van der Waals surface area contributed by atoms with Gasteiger partial charge in [-0.3, -0.25) is 0 Å². The lowest BCUT2D eigenvalue weighted by molar-refractivity contribution is 0.317. The van der Waals surface area contributed by atoms with Gasteiger partial charge in [0.15, 0.2) is 0 Å². The fraction of sp³-hybridized carbons (Fsp3) is 0.250. The van der Waals surface area contributed by atoms with Crippen LogP contribution in [0, 0.1) is 5.82 Å². The molecule has 0 aliphatic rings. The standard InChI is InChI=1S/C16H16BrFO2/c1-2-9-19-14-4-6-15(7-5-14)20-16-8-3-13(18)10-12(16)11-17/h3-8,10H,2,9,11H2,1H3. The number of rotatable bonds is 6. The SMILES string of the molecule is CCCOc1ccc(Oc2ccc(F)cc2CBr)cc1. The smallest absolute Gasteiger partial charge is 0.131 e. The van der Waals surface area contributed by atoms with Crippen LogP contribution in [0.5, 0.6) is 17.2 Å². The molecule has 4 heteroatoms. The van der Waals surface area contributed by atoms with Crippen LogP contribution in [0.3, 0.4) is 0 Å². The average molecular weight is 339 g/mol. The van der Waals surface area contributed by atoms with E-state index in [9.17, 15) is 4.39 Å². The third-order valence-corrected chi connectivity index (χ3v) is 3.30. The first kappa shape index (κ1) is 14.9. The van der Waals surface area contributed by atoms with E-state index in [1.54, 1.807) is 6.07 Å². The van der Waals surface area contributed by atoms with Crippen LogP contribution in [0.25, 0.3) is 0 Å². The average Bonchev–Trinajstić information content (AvgIpc) is 2.48. The van der Waals surface area contributed by atoms with Crippen molar-refractivity contribution in [3.8, 4) is 17.2 Å². The van der Waals surface area contributed by atoms with Gasteiger partial charge in [-0.15, -0.1) is 0 Å². The number of hydrogen-bond donors (Lipinski definition) is 0. The predicted octanol–water partition coefficient (Wildman–Crippen LogP) is 5.30. The summed E-state index contributed by atoms with van der Waals surface area (Å²) in [6.45, 7) is 2.76. The number of benzene rings is 2. The van der Waals surface area contributed by atoms with Crippen LogP contribution in [0.1, 0.15) is 18.9 Å². The summed E-state index contributed by atoms with van der Waals surface area (Å²) in [5.74, 6) is 1.89. The summed E-state index contributed by atoms with van der Waals surface area (Å²) in [5.41, 5.74) is 0.774. The minimum atomic E-state index is -0.268. The highest BCUT2D eigenvalue weighted by atomic mass is 79.9. The van der Waals surface area contributed by atoms with Gasteiger partial charge < -0.3 is 9.47 Å². The highest BCUT2D eigenvalue weighted by Gasteiger charge is 2.06. The zero-order valence-electron chi connectivity index (χ0n) is 11.2. The Hall–Kier alpha value is -1.55. The van der Waals surface area contributed by atoms with E-state index in [2.05, 4.69) is 22.9 Å². The number of alkyl halides is 1. The molecule has 0 heterocycles. The fourth-order valence-corrected chi connectivity index (χ4v) is 2.14. The van der Waals surface area contributed by atoms with Crippen molar-refractivity contribution in [3.05, 3.63) is 53.8 Å². The van der Waals surface area contributed by atoms with Crippen LogP contribution in [0.2, 0.25) is 0 Å². The lowest BCUT2D eigenvalue weighted by Gasteiger charge is -2.10. The van der Waals surface area contributed by atoms with Gasteiger partial charge in [0.05, 0.1) is 6.61 Å². The summed E-state index contributed by atoms with van der Waals surface area (Å²) in [4.78, 5) is 0. The number of ether oxygens (including phenoxy) is 2. The molecule has 0 saturated carbocycles. The van der Waals surface area contributed by atoms with Crippen LogP contribution >= 0.6 is 15.9 Å². The molecule has 0 unspecified atom stereocenters. The van der Waals surface area contributed by atoms with Crippen molar-refractivity contribution in [3.63, 3.8) is 0 Å². The zero-order chi connectivity index (χ0) is 14.4. The van der Waals surface area contributed by atoms with Crippen LogP contribution < -0.4 is 9.47 Å². The van der Waals surface area contributed by atoms with E-state index >= 15 is 0 Å². The number of halogens is 2. The van der Waals surface area contributed by atoms with Gasteiger partial charge in [0.2, 0.25) is 0 Å². The third kappa shape index (κ3) is 3.97. The molecule has 0 amide bonds. The van der Waals surface area contributed by atoms with E-state index in [1.165, 1.54) is 12.1 Å². The molecule has 0 aliphatic heterocycles. The zero-order valence-corrected chi connectivity index (χ0v) is 12.8. The molecule has 0 bridgehead atoms. The van der Waals surface area contributed by atoms with Gasteiger partial charge in [0.25, 0.3) is 0 Å². The summed E-state index contributed by atoms with van der Waals surface area (Å²) in [6.07, 6.45) is 0.975. The van der Waals surface area contributed by atoms with Crippen molar-refractivity contribution < 1.29 is 13.9 Å². The molecule has 0 saturated heterocycles. The van der Waals surface area contributed by atoms with Gasteiger partial charge in [-0.25, -0.2) is 4.39 Å². The second kappa shape index (κ2) is 7.29. The molecule has 0 aliphatic carbocycles. The highest BCUT2D eigenvalue weighted by Crippen LogP contribution is 2.28. The van der Waals surface area contributed by atoms with E-state index in [0.29, 0.717) is 23.4 Å². The van der Waals surface area contributed by atoms with E-state index in [1.807, 2.05) is 24.3 Å². The topological polar surface area (TPSA) is 18.5 Å². The molecule has 2 aromatic rings. The molecule has 20 heavy (non-hydrogen) atoms. The first-order valence-electron chi connectivity index (χ1n) is 6.48. The van der Waals surface area contributed by atoms with E-state index in [-0.39, 0.29) is 5.82 Å². The van der Waals surface area contributed by atoms with Crippen molar-refractivity contribution in [2.45, 2.75) is 18.7 Å². The Labute approximate surface area is 126 Å². The first-order valence-corrected chi connectivity index (χ1v) is 7.60. The summed E-state index contributed by atoms with van der Waals surface area (Å²) >= 11 is 3.33. The Morgan fingerprint density at radius 2 is 1.75 bits per heavy atom. The van der Waals surface area contributed by atoms with Gasteiger partial charge in [-0.05, 0) is 48.9 Å². The molecular formula is C16H16BrFO2. The molecule has 0 atom stereocenters. The molecule has 0 fully saturated rings.